The third kappa shape index (κ3) is 3.21. The molecule has 5 rings (SSSR count). The maximum Gasteiger partial charge on any atom is 0.254 e. The highest BCUT2D eigenvalue weighted by Crippen LogP contribution is 2.27. The van der Waals surface area contributed by atoms with Crippen LogP contribution in [0.3, 0.4) is 0 Å². The smallest absolute Gasteiger partial charge is 0.254 e. The minimum Gasteiger partial charge on any atom is -0.508 e. The highest BCUT2D eigenvalue weighted by molar-refractivity contribution is 5.94. The van der Waals surface area contributed by atoms with E-state index < -0.39 is 0 Å². The third-order valence-corrected chi connectivity index (χ3v) is 4.96. The summed E-state index contributed by atoms with van der Waals surface area (Å²) in [6.07, 6.45) is 1.78. The fourth-order valence-electron chi connectivity index (χ4n) is 3.41. The van der Waals surface area contributed by atoms with E-state index in [1.165, 1.54) is 0 Å². The summed E-state index contributed by atoms with van der Waals surface area (Å²) in [6, 6.07) is 12.3. The van der Waals surface area contributed by atoms with Gasteiger partial charge in [-0.1, -0.05) is 5.21 Å². The number of morpholine rings is 1. The van der Waals surface area contributed by atoms with Crippen LogP contribution in [0.2, 0.25) is 0 Å². The van der Waals surface area contributed by atoms with Crippen LogP contribution in [-0.2, 0) is 4.74 Å². The van der Waals surface area contributed by atoms with Crippen LogP contribution in [-0.4, -0.2) is 67.4 Å². The molecular formula is C20H18N6O3. The normalized spacial score (nSPS) is 14.4. The van der Waals surface area contributed by atoms with E-state index in [1.54, 1.807) is 46.1 Å². The maximum absolute atomic E-state index is 12.6. The van der Waals surface area contributed by atoms with Gasteiger partial charge in [0.05, 0.1) is 30.6 Å². The van der Waals surface area contributed by atoms with Crippen LogP contribution in [0, 0.1) is 0 Å². The molecule has 146 valence electrons. The molecule has 9 nitrogen and oxygen atoms in total. The topological polar surface area (TPSA) is 109 Å². The number of hydrogen-bond donors (Lipinski definition) is 2. The fourth-order valence-corrected chi connectivity index (χ4v) is 3.41. The number of benzene rings is 2. The average Bonchev–Trinajstić information content (AvgIpc) is 3.40. The van der Waals surface area contributed by atoms with E-state index in [-0.39, 0.29) is 11.7 Å². The van der Waals surface area contributed by atoms with E-state index in [9.17, 15) is 9.90 Å². The summed E-state index contributed by atoms with van der Waals surface area (Å²) in [5, 5.41) is 26.0. The number of aromatic hydroxyl groups is 1. The van der Waals surface area contributed by atoms with Crippen molar-refractivity contribution < 1.29 is 14.6 Å². The average molecular weight is 390 g/mol. The lowest BCUT2D eigenvalue weighted by molar-refractivity contribution is 0.0303. The molecule has 0 bridgehead atoms. The monoisotopic (exact) mass is 390 g/mol. The van der Waals surface area contributed by atoms with Crippen LogP contribution in [0.4, 0.5) is 0 Å². The molecule has 1 fully saturated rings. The molecule has 1 aliphatic heterocycles. The van der Waals surface area contributed by atoms with Gasteiger partial charge in [-0.15, -0.1) is 5.10 Å². The number of phenols is 1. The Morgan fingerprint density at radius 1 is 1.10 bits per heavy atom. The van der Waals surface area contributed by atoms with E-state index >= 15 is 0 Å². The molecule has 0 atom stereocenters. The number of carbonyl (C=O) groups is 1. The van der Waals surface area contributed by atoms with Crippen LogP contribution in [0.5, 0.6) is 5.75 Å². The van der Waals surface area contributed by atoms with Gasteiger partial charge in [0.25, 0.3) is 5.91 Å². The number of fused-ring (bicyclic) bond motifs is 1. The lowest BCUT2D eigenvalue weighted by Crippen LogP contribution is -2.40. The number of phenolic OH excluding ortho intramolecular Hbond substituents is 1. The summed E-state index contributed by atoms with van der Waals surface area (Å²) in [7, 11) is 0. The first-order valence-electron chi connectivity index (χ1n) is 9.26. The Balaban J connectivity index is 1.39. The van der Waals surface area contributed by atoms with Crippen LogP contribution in [0.25, 0.3) is 28.0 Å². The van der Waals surface area contributed by atoms with Gasteiger partial charge < -0.3 is 14.7 Å². The second-order valence-electron chi connectivity index (χ2n) is 6.80. The first kappa shape index (κ1) is 17.4. The molecule has 2 aromatic heterocycles. The first-order valence-corrected chi connectivity index (χ1v) is 9.26. The zero-order chi connectivity index (χ0) is 19.8. The number of hydrogen-bond acceptors (Lipinski definition) is 6. The molecule has 0 aliphatic carbocycles. The van der Waals surface area contributed by atoms with Crippen molar-refractivity contribution in [3.63, 3.8) is 0 Å². The van der Waals surface area contributed by atoms with Gasteiger partial charge in [0.2, 0.25) is 0 Å². The molecule has 1 saturated heterocycles. The van der Waals surface area contributed by atoms with Crippen molar-refractivity contribution in [2.75, 3.05) is 26.3 Å². The van der Waals surface area contributed by atoms with Crippen molar-refractivity contribution in [3.8, 4) is 22.8 Å². The zero-order valence-corrected chi connectivity index (χ0v) is 15.4. The number of ether oxygens (including phenoxy) is 1. The van der Waals surface area contributed by atoms with Gasteiger partial charge in [-0.2, -0.15) is 5.10 Å². The van der Waals surface area contributed by atoms with Gasteiger partial charge in [-0.3, -0.25) is 9.89 Å². The molecule has 4 aromatic rings. The van der Waals surface area contributed by atoms with Crippen molar-refractivity contribution in [2.45, 2.75) is 0 Å². The Labute approximate surface area is 165 Å². The minimum atomic E-state index is 0.00498. The van der Waals surface area contributed by atoms with Crippen LogP contribution >= 0.6 is 0 Å². The molecule has 29 heavy (non-hydrogen) atoms. The highest BCUT2D eigenvalue weighted by atomic mass is 16.5. The van der Waals surface area contributed by atoms with E-state index in [1.807, 2.05) is 12.1 Å². The van der Waals surface area contributed by atoms with Gasteiger partial charge in [-0.25, -0.2) is 4.68 Å². The van der Waals surface area contributed by atoms with Crippen LogP contribution < -0.4 is 0 Å². The standard InChI is InChI=1S/C20H18N6O3/c27-15-5-6-16-17(11-15)21-23-19(16)18-12-26(24-22-18)14-3-1-13(2-4-14)20(28)25-7-9-29-10-8-25/h1-6,11-12,27H,7-10H2,(H,21,23). The molecule has 1 amide bonds. The lowest BCUT2D eigenvalue weighted by Gasteiger charge is -2.26. The minimum absolute atomic E-state index is 0.00498. The molecule has 0 spiro atoms. The molecule has 1 aliphatic rings. The number of aromatic nitrogens is 5. The van der Waals surface area contributed by atoms with E-state index in [2.05, 4.69) is 20.5 Å². The van der Waals surface area contributed by atoms with Crippen molar-refractivity contribution in [3.05, 3.63) is 54.2 Å². The Bertz CT molecular complexity index is 1170. The predicted molar refractivity (Wildman–Crippen MR) is 105 cm³/mol. The first-order chi connectivity index (χ1) is 14.2. The number of nitrogens with zero attached hydrogens (tertiary/aromatic N) is 5. The summed E-state index contributed by atoms with van der Waals surface area (Å²) in [5.41, 5.74) is 3.41. The Morgan fingerprint density at radius 3 is 2.69 bits per heavy atom. The second kappa shape index (κ2) is 7.02. The summed E-state index contributed by atoms with van der Waals surface area (Å²) < 4.78 is 6.93. The largest absolute Gasteiger partial charge is 0.508 e. The van der Waals surface area contributed by atoms with E-state index in [0.717, 1.165) is 16.6 Å². The summed E-state index contributed by atoms with van der Waals surface area (Å²) in [6.45, 7) is 2.38. The van der Waals surface area contributed by atoms with Gasteiger partial charge in [0.15, 0.2) is 0 Å². The molecule has 9 heteroatoms. The number of nitrogens with one attached hydrogen (secondary N) is 1. The Kier molecular flexibility index (Phi) is 4.21. The summed E-state index contributed by atoms with van der Waals surface area (Å²) in [4.78, 5) is 14.4. The van der Waals surface area contributed by atoms with E-state index in [0.29, 0.717) is 43.3 Å². The number of rotatable bonds is 3. The van der Waals surface area contributed by atoms with Crippen LogP contribution in [0.15, 0.2) is 48.7 Å². The predicted octanol–water partition coefficient (Wildman–Crippen LogP) is 1.99. The zero-order valence-electron chi connectivity index (χ0n) is 15.4. The Hall–Kier alpha value is -3.72. The fraction of sp³-hybridized carbons (Fsp3) is 0.200. The third-order valence-electron chi connectivity index (χ3n) is 4.96. The molecular weight excluding hydrogens is 372 g/mol. The molecule has 2 aromatic carbocycles. The van der Waals surface area contributed by atoms with Crippen molar-refractivity contribution in [2.24, 2.45) is 0 Å². The second-order valence-corrected chi connectivity index (χ2v) is 6.80. The number of amides is 1. The molecule has 2 N–H and O–H groups in total. The number of H-pyrrole nitrogens is 1. The summed E-state index contributed by atoms with van der Waals surface area (Å²) in [5.74, 6) is 0.174. The SMILES string of the molecule is O=C(c1ccc(-n2cc(-c3n[nH]c4cc(O)ccc34)nn2)cc1)N1CCOCC1. The molecule has 3 heterocycles. The lowest BCUT2D eigenvalue weighted by atomic mass is 10.1. The van der Waals surface area contributed by atoms with E-state index in [4.69, 9.17) is 4.74 Å². The Morgan fingerprint density at radius 2 is 1.90 bits per heavy atom. The van der Waals surface area contributed by atoms with Gasteiger partial charge in [-0.05, 0) is 36.4 Å². The quantitative estimate of drug-likeness (QED) is 0.554. The van der Waals surface area contributed by atoms with Crippen molar-refractivity contribution in [1.82, 2.24) is 30.1 Å². The van der Waals surface area contributed by atoms with Gasteiger partial charge >= 0.3 is 0 Å². The molecule has 0 radical (unpaired) electrons. The highest BCUT2D eigenvalue weighted by Gasteiger charge is 2.18. The van der Waals surface area contributed by atoms with Gasteiger partial charge in [0.1, 0.15) is 17.1 Å². The maximum atomic E-state index is 12.6. The van der Waals surface area contributed by atoms with Crippen molar-refractivity contribution in [1.29, 1.82) is 0 Å². The van der Waals surface area contributed by atoms with Crippen LogP contribution in [0.1, 0.15) is 10.4 Å². The summed E-state index contributed by atoms with van der Waals surface area (Å²) >= 11 is 0. The van der Waals surface area contributed by atoms with Gasteiger partial charge in [0, 0.05) is 30.1 Å². The molecule has 0 saturated carbocycles. The number of carbonyl (C=O) groups excluding carboxylic acids is 1. The number of aromatic amines is 1. The molecule has 0 unspecified atom stereocenters. The van der Waals surface area contributed by atoms with Crippen molar-refractivity contribution >= 4 is 16.8 Å².